The van der Waals surface area contributed by atoms with E-state index in [2.05, 4.69) is 18.0 Å². The molecular formula is C12H21NO. The summed E-state index contributed by atoms with van der Waals surface area (Å²) in [4.78, 5) is 4.30. The number of rotatable bonds is 4. The molecule has 0 aliphatic carbocycles. The van der Waals surface area contributed by atoms with Gasteiger partial charge in [0, 0.05) is 11.8 Å². The van der Waals surface area contributed by atoms with Crippen molar-refractivity contribution in [2.24, 2.45) is 4.99 Å². The fraction of sp³-hybridized carbons (Fsp3) is 0.583. The van der Waals surface area contributed by atoms with Gasteiger partial charge in [-0.25, -0.2) is 4.99 Å². The second-order valence-electron chi connectivity index (χ2n) is 3.37. The first-order valence-corrected chi connectivity index (χ1v) is 5.12. The number of hydrogen-bond acceptors (Lipinski definition) is 2. The molecule has 2 nitrogen and oxygen atoms in total. The Morgan fingerprint density at radius 1 is 1.21 bits per heavy atom. The molecule has 0 bridgehead atoms. The maximum absolute atomic E-state index is 5.44. The molecule has 0 saturated heterocycles. The molecule has 0 spiro atoms. The van der Waals surface area contributed by atoms with Gasteiger partial charge in [-0.2, -0.15) is 0 Å². The van der Waals surface area contributed by atoms with Gasteiger partial charge in [0.25, 0.3) is 0 Å². The summed E-state index contributed by atoms with van der Waals surface area (Å²) in [7, 11) is 0. The Morgan fingerprint density at radius 2 is 1.86 bits per heavy atom. The highest BCUT2D eigenvalue weighted by Crippen LogP contribution is 2.03. The summed E-state index contributed by atoms with van der Waals surface area (Å²) < 4.78 is 5.44. The minimum absolute atomic E-state index is 0.657. The lowest BCUT2D eigenvalue weighted by Crippen LogP contribution is -2.05. The van der Waals surface area contributed by atoms with Gasteiger partial charge in [0.05, 0.1) is 6.61 Å². The zero-order valence-corrected chi connectivity index (χ0v) is 9.92. The molecule has 14 heavy (non-hydrogen) atoms. The van der Waals surface area contributed by atoms with Gasteiger partial charge in [0.1, 0.15) is 0 Å². The Labute approximate surface area is 87.4 Å². The van der Waals surface area contributed by atoms with Gasteiger partial charge in [-0.3, -0.25) is 0 Å². The van der Waals surface area contributed by atoms with Crippen molar-refractivity contribution in [1.82, 2.24) is 0 Å². The Hall–Kier alpha value is -1.05. The molecule has 2 heteroatoms. The zero-order chi connectivity index (χ0) is 11.0. The van der Waals surface area contributed by atoms with E-state index >= 15 is 0 Å². The molecule has 0 aromatic heterocycles. The van der Waals surface area contributed by atoms with E-state index in [1.54, 1.807) is 0 Å². The van der Waals surface area contributed by atoms with E-state index in [1.807, 2.05) is 33.9 Å². The van der Waals surface area contributed by atoms with Crippen LogP contribution in [0.15, 0.2) is 28.4 Å². The van der Waals surface area contributed by atoms with Gasteiger partial charge in [-0.1, -0.05) is 18.6 Å². The van der Waals surface area contributed by atoms with E-state index in [0.29, 0.717) is 6.61 Å². The summed E-state index contributed by atoms with van der Waals surface area (Å²) in [6.45, 7) is 10.8. The van der Waals surface area contributed by atoms with Crippen molar-refractivity contribution in [1.29, 1.82) is 0 Å². The van der Waals surface area contributed by atoms with Gasteiger partial charge in [0.15, 0.2) is 0 Å². The van der Waals surface area contributed by atoms with Crippen molar-refractivity contribution < 1.29 is 4.74 Å². The molecule has 0 fully saturated rings. The maximum atomic E-state index is 5.44. The van der Waals surface area contributed by atoms with Crippen LogP contribution in [0.2, 0.25) is 0 Å². The molecule has 0 aliphatic heterocycles. The predicted octanol–water partition coefficient (Wildman–Crippen LogP) is 3.70. The first kappa shape index (κ1) is 12.9. The summed E-state index contributed by atoms with van der Waals surface area (Å²) in [5.74, 6) is 0.732. The van der Waals surface area contributed by atoms with Crippen LogP contribution in [0, 0.1) is 0 Å². The highest BCUT2D eigenvalue weighted by atomic mass is 16.5. The minimum Gasteiger partial charge on any atom is -0.478 e. The number of ether oxygens (including phenoxy) is 1. The van der Waals surface area contributed by atoms with Crippen molar-refractivity contribution >= 4 is 5.90 Å². The van der Waals surface area contributed by atoms with Crippen molar-refractivity contribution in [3.05, 3.63) is 23.4 Å². The standard InChI is InChI=1S/C12H21NO/c1-6-8-11(5)12(14-7-2)13-9-10(3)4/h8-9H,6-7H2,1-5H3/b11-8+,13-12+. The smallest absolute Gasteiger partial charge is 0.215 e. The highest BCUT2D eigenvalue weighted by Gasteiger charge is 2.00. The fourth-order valence-electron chi connectivity index (χ4n) is 0.971. The van der Waals surface area contributed by atoms with Gasteiger partial charge in [-0.15, -0.1) is 0 Å². The van der Waals surface area contributed by atoms with Gasteiger partial charge < -0.3 is 4.74 Å². The van der Waals surface area contributed by atoms with Crippen molar-refractivity contribution in [3.63, 3.8) is 0 Å². The fourth-order valence-corrected chi connectivity index (χ4v) is 0.971. The number of allylic oxidation sites excluding steroid dienone is 2. The van der Waals surface area contributed by atoms with Crippen LogP contribution >= 0.6 is 0 Å². The van der Waals surface area contributed by atoms with Crippen LogP contribution in [0.25, 0.3) is 0 Å². The largest absolute Gasteiger partial charge is 0.478 e. The first-order valence-electron chi connectivity index (χ1n) is 5.12. The van der Waals surface area contributed by atoms with Crippen molar-refractivity contribution in [2.45, 2.75) is 41.0 Å². The summed E-state index contributed by atoms with van der Waals surface area (Å²) >= 11 is 0. The Bertz CT molecular complexity index is 245. The van der Waals surface area contributed by atoms with E-state index in [4.69, 9.17) is 4.74 Å². The number of nitrogens with zero attached hydrogens (tertiary/aromatic N) is 1. The Kier molecular flexibility index (Phi) is 6.81. The summed E-state index contributed by atoms with van der Waals surface area (Å²) in [5, 5.41) is 0. The molecule has 0 atom stereocenters. The lowest BCUT2D eigenvalue weighted by Gasteiger charge is -2.06. The van der Waals surface area contributed by atoms with E-state index < -0.39 is 0 Å². The van der Waals surface area contributed by atoms with Crippen molar-refractivity contribution in [3.8, 4) is 0 Å². The van der Waals surface area contributed by atoms with Crippen LogP contribution in [0.3, 0.4) is 0 Å². The maximum Gasteiger partial charge on any atom is 0.215 e. The average molecular weight is 195 g/mol. The van der Waals surface area contributed by atoms with Crippen LogP contribution in [0.1, 0.15) is 41.0 Å². The van der Waals surface area contributed by atoms with Gasteiger partial charge >= 0.3 is 0 Å². The summed E-state index contributed by atoms with van der Waals surface area (Å²) in [6.07, 6.45) is 4.96. The quantitative estimate of drug-likeness (QED) is 0.495. The van der Waals surface area contributed by atoms with E-state index in [0.717, 1.165) is 17.9 Å². The summed E-state index contributed by atoms with van der Waals surface area (Å²) in [6, 6.07) is 0. The lowest BCUT2D eigenvalue weighted by molar-refractivity contribution is 0.327. The monoisotopic (exact) mass is 195 g/mol. The second-order valence-corrected chi connectivity index (χ2v) is 3.37. The molecular weight excluding hydrogens is 174 g/mol. The SMILES string of the molecule is CC/C=C(C)/C(=N\C=C(C)C)OCC. The van der Waals surface area contributed by atoms with Crippen LogP contribution < -0.4 is 0 Å². The van der Waals surface area contributed by atoms with E-state index in [1.165, 1.54) is 5.57 Å². The molecule has 0 aliphatic rings. The van der Waals surface area contributed by atoms with Crippen molar-refractivity contribution in [2.75, 3.05) is 6.61 Å². The molecule has 0 rings (SSSR count). The summed E-state index contributed by atoms with van der Waals surface area (Å²) in [5.41, 5.74) is 2.28. The molecule has 0 heterocycles. The average Bonchev–Trinajstić information content (AvgIpc) is 2.12. The molecule has 0 aromatic rings. The molecule has 0 saturated carbocycles. The lowest BCUT2D eigenvalue weighted by atomic mass is 10.2. The van der Waals surface area contributed by atoms with Crippen LogP contribution in [0.4, 0.5) is 0 Å². The normalized spacial score (nSPS) is 12.6. The van der Waals surface area contributed by atoms with E-state index in [-0.39, 0.29) is 0 Å². The first-order chi connectivity index (χ1) is 6.61. The second kappa shape index (κ2) is 7.36. The van der Waals surface area contributed by atoms with E-state index in [9.17, 15) is 0 Å². The van der Waals surface area contributed by atoms with Crippen LogP contribution in [-0.2, 0) is 4.74 Å². The van der Waals surface area contributed by atoms with Crippen LogP contribution in [0.5, 0.6) is 0 Å². The third-order valence-corrected chi connectivity index (χ3v) is 1.57. The molecule has 0 radical (unpaired) electrons. The molecule has 0 amide bonds. The Balaban J connectivity index is 4.67. The highest BCUT2D eigenvalue weighted by molar-refractivity contribution is 5.93. The van der Waals surface area contributed by atoms with Gasteiger partial charge in [-0.05, 0) is 34.1 Å². The number of hydrogen-bond donors (Lipinski definition) is 0. The topological polar surface area (TPSA) is 21.6 Å². The van der Waals surface area contributed by atoms with Crippen LogP contribution in [-0.4, -0.2) is 12.5 Å². The predicted molar refractivity (Wildman–Crippen MR) is 62.5 cm³/mol. The molecule has 0 aromatic carbocycles. The molecule has 80 valence electrons. The zero-order valence-electron chi connectivity index (χ0n) is 9.92. The number of aliphatic imine (C=N–C) groups is 1. The molecule has 0 N–H and O–H groups in total. The Morgan fingerprint density at radius 3 is 2.29 bits per heavy atom. The van der Waals surface area contributed by atoms with Gasteiger partial charge in [0.2, 0.25) is 5.90 Å². The minimum atomic E-state index is 0.657. The third-order valence-electron chi connectivity index (χ3n) is 1.57. The molecule has 0 unspecified atom stereocenters. The third kappa shape index (κ3) is 5.57.